The van der Waals surface area contributed by atoms with Crippen molar-refractivity contribution in [2.75, 3.05) is 10.6 Å². The van der Waals surface area contributed by atoms with Crippen LogP contribution in [0.25, 0.3) is 0 Å². The fourth-order valence-corrected chi connectivity index (χ4v) is 2.67. The van der Waals surface area contributed by atoms with E-state index in [4.69, 9.17) is 11.6 Å². The van der Waals surface area contributed by atoms with Gasteiger partial charge in [0.25, 0.3) is 5.91 Å². The number of hydrogen-bond donors (Lipinski definition) is 2. The van der Waals surface area contributed by atoms with Crippen LogP contribution in [0.4, 0.5) is 15.9 Å². The molecule has 0 saturated heterocycles. The van der Waals surface area contributed by atoms with Crippen LogP contribution in [-0.4, -0.2) is 15.9 Å². The zero-order chi connectivity index (χ0) is 19.4. The summed E-state index contributed by atoms with van der Waals surface area (Å²) in [5.74, 6) is 0.342. The standard InChI is InChI=1S/C20H18ClFN4O/c1-12-16(21)4-3-5-17(12)26-20(27)18-10-19(25-13(2)24-18)23-11-14-6-8-15(22)9-7-14/h3-10H,11H2,1-2H3,(H,26,27)(H,23,24,25). The van der Waals surface area contributed by atoms with E-state index >= 15 is 0 Å². The highest BCUT2D eigenvalue weighted by Crippen LogP contribution is 2.23. The van der Waals surface area contributed by atoms with Crippen LogP contribution in [-0.2, 0) is 6.54 Å². The summed E-state index contributed by atoms with van der Waals surface area (Å²) in [6.45, 7) is 3.99. The van der Waals surface area contributed by atoms with E-state index in [0.717, 1.165) is 11.1 Å². The number of carbonyl (C=O) groups excluding carboxylic acids is 1. The van der Waals surface area contributed by atoms with Crippen LogP contribution >= 0.6 is 11.6 Å². The SMILES string of the molecule is Cc1nc(NCc2ccc(F)cc2)cc(C(=O)Nc2cccc(Cl)c2C)n1. The second kappa shape index (κ2) is 8.14. The molecule has 27 heavy (non-hydrogen) atoms. The highest BCUT2D eigenvalue weighted by atomic mass is 35.5. The van der Waals surface area contributed by atoms with Gasteiger partial charge in [0.05, 0.1) is 0 Å². The van der Waals surface area contributed by atoms with Crippen LogP contribution < -0.4 is 10.6 Å². The second-order valence-electron chi connectivity index (χ2n) is 6.03. The van der Waals surface area contributed by atoms with Gasteiger partial charge in [-0.15, -0.1) is 0 Å². The Morgan fingerprint density at radius 1 is 1.11 bits per heavy atom. The van der Waals surface area contributed by atoms with E-state index < -0.39 is 0 Å². The van der Waals surface area contributed by atoms with E-state index in [2.05, 4.69) is 20.6 Å². The van der Waals surface area contributed by atoms with Gasteiger partial charge in [-0.3, -0.25) is 4.79 Å². The number of aryl methyl sites for hydroxylation is 1. The van der Waals surface area contributed by atoms with Crippen LogP contribution in [0.5, 0.6) is 0 Å². The molecule has 0 saturated carbocycles. The molecule has 0 bridgehead atoms. The minimum atomic E-state index is -0.351. The molecule has 1 aromatic heterocycles. The van der Waals surface area contributed by atoms with E-state index in [0.29, 0.717) is 28.9 Å². The summed E-state index contributed by atoms with van der Waals surface area (Å²) in [7, 11) is 0. The number of hydrogen-bond acceptors (Lipinski definition) is 4. The third-order valence-corrected chi connectivity index (χ3v) is 4.38. The Labute approximate surface area is 161 Å². The van der Waals surface area contributed by atoms with Crippen molar-refractivity contribution >= 4 is 29.0 Å². The lowest BCUT2D eigenvalue weighted by atomic mass is 10.2. The Balaban J connectivity index is 1.75. The normalized spacial score (nSPS) is 10.5. The first-order valence-corrected chi connectivity index (χ1v) is 8.70. The van der Waals surface area contributed by atoms with Crippen molar-refractivity contribution in [1.29, 1.82) is 0 Å². The fraction of sp³-hybridized carbons (Fsp3) is 0.150. The molecule has 138 valence electrons. The summed E-state index contributed by atoms with van der Waals surface area (Å²) in [6.07, 6.45) is 0. The van der Waals surface area contributed by atoms with E-state index in [9.17, 15) is 9.18 Å². The van der Waals surface area contributed by atoms with E-state index in [1.165, 1.54) is 12.1 Å². The van der Waals surface area contributed by atoms with Crippen molar-refractivity contribution < 1.29 is 9.18 Å². The lowest BCUT2D eigenvalue weighted by molar-refractivity contribution is 0.102. The molecule has 0 unspecified atom stereocenters. The second-order valence-corrected chi connectivity index (χ2v) is 6.44. The Hall–Kier alpha value is -2.99. The van der Waals surface area contributed by atoms with E-state index in [1.807, 2.05) is 6.92 Å². The van der Waals surface area contributed by atoms with Gasteiger partial charge in [-0.05, 0) is 49.2 Å². The third kappa shape index (κ3) is 4.80. The lowest BCUT2D eigenvalue weighted by Crippen LogP contribution is -2.16. The number of nitrogens with one attached hydrogen (secondary N) is 2. The molecule has 1 amide bonds. The molecule has 3 rings (SSSR count). The number of nitrogens with zero attached hydrogens (tertiary/aromatic N) is 2. The molecule has 0 radical (unpaired) electrons. The highest BCUT2D eigenvalue weighted by Gasteiger charge is 2.13. The van der Waals surface area contributed by atoms with E-state index in [-0.39, 0.29) is 17.4 Å². The zero-order valence-corrected chi connectivity index (χ0v) is 15.6. The number of carbonyl (C=O) groups is 1. The van der Waals surface area contributed by atoms with Gasteiger partial charge in [0.15, 0.2) is 0 Å². The number of amides is 1. The van der Waals surface area contributed by atoms with Crippen molar-refractivity contribution in [2.45, 2.75) is 20.4 Å². The van der Waals surface area contributed by atoms with Gasteiger partial charge in [-0.2, -0.15) is 0 Å². The van der Waals surface area contributed by atoms with Crippen LogP contribution in [0, 0.1) is 19.7 Å². The van der Waals surface area contributed by atoms with Crippen molar-refractivity contribution in [1.82, 2.24) is 9.97 Å². The first-order chi connectivity index (χ1) is 12.9. The molecule has 0 aliphatic carbocycles. The topological polar surface area (TPSA) is 66.9 Å². The van der Waals surface area contributed by atoms with Gasteiger partial charge >= 0.3 is 0 Å². The van der Waals surface area contributed by atoms with Crippen LogP contribution in [0.1, 0.15) is 27.4 Å². The number of benzene rings is 2. The number of anilines is 2. The van der Waals surface area contributed by atoms with Crippen molar-refractivity contribution in [2.24, 2.45) is 0 Å². The molecule has 2 N–H and O–H groups in total. The average molecular weight is 385 g/mol. The maximum absolute atomic E-state index is 13.0. The minimum absolute atomic E-state index is 0.239. The Morgan fingerprint density at radius 2 is 1.85 bits per heavy atom. The molecule has 0 spiro atoms. The molecule has 2 aromatic carbocycles. The summed E-state index contributed by atoms with van der Waals surface area (Å²) in [4.78, 5) is 21.1. The summed E-state index contributed by atoms with van der Waals surface area (Å²) in [6, 6.07) is 13.1. The van der Waals surface area contributed by atoms with Crippen LogP contribution in [0.3, 0.4) is 0 Å². The summed E-state index contributed by atoms with van der Waals surface area (Å²) >= 11 is 6.09. The first kappa shape index (κ1) is 18.8. The fourth-order valence-electron chi connectivity index (χ4n) is 2.50. The molecule has 1 heterocycles. The minimum Gasteiger partial charge on any atom is -0.366 e. The quantitative estimate of drug-likeness (QED) is 0.666. The first-order valence-electron chi connectivity index (χ1n) is 8.33. The molecular weight excluding hydrogens is 367 g/mol. The van der Waals surface area contributed by atoms with Gasteiger partial charge in [0, 0.05) is 23.3 Å². The maximum Gasteiger partial charge on any atom is 0.274 e. The van der Waals surface area contributed by atoms with Crippen LogP contribution in [0.15, 0.2) is 48.5 Å². The molecule has 0 fully saturated rings. The molecule has 0 aliphatic heterocycles. The molecular formula is C20H18ClFN4O. The van der Waals surface area contributed by atoms with Crippen molar-refractivity contribution in [3.8, 4) is 0 Å². The summed E-state index contributed by atoms with van der Waals surface area (Å²) in [5.41, 5.74) is 2.55. The smallest absolute Gasteiger partial charge is 0.274 e. The predicted molar refractivity (Wildman–Crippen MR) is 105 cm³/mol. The molecule has 0 atom stereocenters. The van der Waals surface area contributed by atoms with E-state index in [1.54, 1.807) is 43.3 Å². The van der Waals surface area contributed by atoms with Gasteiger partial charge in [-0.1, -0.05) is 29.8 Å². The Morgan fingerprint density at radius 3 is 2.59 bits per heavy atom. The third-order valence-electron chi connectivity index (χ3n) is 3.97. The molecule has 0 aliphatic rings. The van der Waals surface area contributed by atoms with Crippen molar-refractivity contribution in [3.05, 3.63) is 82.0 Å². The van der Waals surface area contributed by atoms with Gasteiger partial charge in [-0.25, -0.2) is 14.4 Å². The van der Waals surface area contributed by atoms with Gasteiger partial charge in [0.1, 0.15) is 23.2 Å². The summed E-state index contributed by atoms with van der Waals surface area (Å²) < 4.78 is 13.0. The predicted octanol–water partition coefficient (Wildman–Crippen LogP) is 4.75. The number of halogens is 2. The Kier molecular flexibility index (Phi) is 5.66. The number of aromatic nitrogens is 2. The van der Waals surface area contributed by atoms with Gasteiger partial charge in [0.2, 0.25) is 0 Å². The molecule has 7 heteroatoms. The lowest BCUT2D eigenvalue weighted by Gasteiger charge is -2.11. The molecule has 5 nitrogen and oxygen atoms in total. The number of rotatable bonds is 5. The van der Waals surface area contributed by atoms with Crippen LogP contribution in [0.2, 0.25) is 5.02 Å². The van der Waals surface area contributed by atoms with Crippen molar-refractivity contribution in [3.63, 3.8) is 0 Å². The monoisotopic (exact) mass is 384 g/mol. The van der Waals surface area contributed by atoms with Gasteiger partial charge < -0.3 is 10.6 Å². The highest BCUT2D eigenvalue weighted by molar-refractivity contribution is 6.31. The molecule has 3 aromatic rings. The zero-order valence-electron chi connectivity index (χ0n) is 14.9. The maximum atomic E-state index is 13.0. The average Bonchev–Trinajstić information content (AvgIpc) is 2.64. The largest absolute Gasteiger partial charge is 0.366 e. The summed E-state index contributed by atoms with van der Waals surface area (Å²) in [5, 5.41) is 6.52. The Bertz CT molecular complexity index is 976.